The molecule has 0 bridgehead atoms. The first-order valence-electron chi connectivity index (χ1n) is 7.14. The number of anilines is 1. The number of nitrogen functional groups attached to an aromatic ring is 1. The molecule has 1 unspecified atom stereocenters. The van der Waals surface area contributed by atoms with Gasteiger partial charge in [-0.25, -0.2) is 0 Å². The van der Waals surface area contributed by atoms with Gasteiger partial charge in [0.1, 0.15) is 6.10 Å². The van der Waals surface area contributed by atoms with E-state index in [1.54, 1.807) is 0 Å². The van der Waals surface area contributed by atoms with Crippen molar-refractivity contribution < 1.29 is 4.84 Å². The highest BCUT2D eigenvalue weighted by molar-refractivity contribution is 5.91. The van der Waals surface area contributed by atoms with Crippen molar-refractivity contribution in [3.05, 3.63) is 78.0 Å². The number of para-hydroxylation sites is 1. The van der Waals surface area contributed by atoms with E-state index in [-0.39, 0.29) is 6.10 Å². The van der Waals surface area contributed by atoms with Crippen LogP contribution < -0.4 is 11.2 Å². The summed E-state index contributed by atoms with van der Waals surface area (Å²) >= 11 is 0. The minimum atomic E-state index is -0.123. The predicted molar refractivity (Wildman–Crippen MR) is 87.5 cm³/mol. The van der Waals surface area contributed by atoms with Crippen LogP contribution in [0.4, 0.5) is 5.69 Å². The van der Waals surface area contributed by atoms with Crippen LogP contribution >= 0.6 is 0 Å². The number of aromatic nitrogens is 1. The fourth-order valence-electron chi connectivity index (χ4n) is 2.67. The maximum absolute atomic E-state index is 5.73. The van der Waals surface area contributed by atoms with E-state index in [0.29, 0.717) is 0 Å². The summed E-state index contributed by atoms with van der Waals surface area (Å²) in [4.78, 5) is 10.1. The summed E-state index contributed by atoms with van der Waals surface area (Å²) in [6.07, 6.45) is 3.77. The number of hydrogen-bond acceptors (Lipinski definition) is 4. The van der Waals surface area contributed by atoms with Crippen molar-refractivity contribution in [1.29, 1.82) is 0 Å². The smallest absolute Gasteiger partial charge is 0.131 e. The second-order valence-corrected chi connectivity index (χ2v) is 5.26. The van der Waals surface area contributed by atoms with Crippen LogP contribution in [-0.2, 0) is 4.84 Å². The molecule has 108 valence electrons. The molecule has 0 spiro atoms. The van der Waals surface area contributed by atoms with Crippen LogP contribution in [0.15, 0.2) is 66.9 Å². The van der Waals surface area contributed by atoms with Crippen molar-refractivity contribution in [3.63, 3.8) is 0 Å². The summed E-state index contributed by atoms with van der Waals surface area (Å²) in [6.45, 7) is 0. The molecule has 0 saturated heterocycles. The molecule has 0 saturated carbocycles. The number of rotatable bonds is 2. The Kier molecular flexibility index (Phi) is 3.02. The van der Waals surface area contributed by atoms with E-state index >= 15 is 0 Å². The van der Waals surface area contributed by atoms with Gasteiger partial charge in [0, 0.05) is 22.8 Å². The zero-order valence-corrected chi connectivity index (χ0v) is 11.9. The van der Waals surface area contributed by atoms with Crippen LogP contribution in [0, 0.1) is 0 Å². The normalized spacial score (nSPS) is 17.3. The molecule has 1 aromatic heterocycles. The van der Waals surface area contributed by atoms with Crippen molar-refractivity contribution >= 4 is 22.3 Å². The molecular weight excluding hydrogens is 274 g/mol. The number of nitrogens with two attached hydrogens (primary N) is 1. The number of hydroxylamine groups is 1. The maximum Gasteiger partial charge on any atom is 0.131 e. The quantitative estimate of drug-likeness (QED) is 0.710. The van der Waals surface area contributed by atoms with Crippen molar-refractivity contribution in [1.82, 2.24) is 10.5 Å². The molecule has 0 fully saturated rings. The zero-order valence-electron chi connectivity index (χ0n) is 11.9. The molecule has 2 heterocycles. The third-order valence-electron chi connectivity index (χ3n) is 3.82. The van der Waals surface area contributed by atoms with Gasteiger partial charge in [-0.1, -0.05) is 30.3 Å². The fraction of sp³-hybridized carbons (Fsp3) is 0.0556. The van der Waals surface area contributed by atoms with Gasteiger partial charge in [-0.3, -0.25) is 15.3 Å². The lowest BCUT2D eigenvalue weighted by Crippen LogP contribution is -2.07. The monoisotopic (exact) mass is 289 g/mol. The molecule has 1 atom stereocenters. The van der Waals surface area contributed by atoms with Gasteiger partial charge in [-0.2, -0.15) is 0 Å². The number of hydrogen-bond donors (Lipinski definition) is 2. The number of nitrogens with one attached hydrogen (secondary N) is 1. The van der Waals surface area contributed by atoms with E-state index in [1.165, 1.54) is 0 Å². The minimum Gasteiger partial charge on any atom is -0.399 e. The molecular formula is C18H15N3O. The third kappa shape index (κ3) is 2.19. The van der Waals surface area contributed by atoms with Crippen molar-refractivity contribution in [2.24, 2.45) is 0 Å². The maximum atomic E-state index is 5.73. The standard InChI is InChI=1S/C18H15N3O/c19-13-7-5-12(6-8-13)18-11-17(21-22-18)15-9-10-20-16-4-2-1-3-14(15)16/h1-11,18,21H,19H2. The zero-order chi connectivity index (χ0) is 14.9. The third-order valence-corrected chi connectivity index (χ3v) is 3.82. The molecule has 4 heteroatoms. The summed E-state index contributed by atoms with van der Waals surface area (Å²) in [7, 11) is 0. The van der Waals surface area contributed by atoms with Gasteiger partial charge < -0.3 is 5.73 Å². The molecule has 2 aromatic carbocycles. The number of nitrogens with zero attached hydrogens (tertiary/aromatic N) is 1. The average Bonchev–Trinajstić information content (AvgIpc) is 3.05. The Labute approximate surface area is 128 Å². The molecule has 4 nitrogen and oxygen atoms in total. The highest BCUT2D eigenvalue weighted by atomic mass is 16.7. The molecule has 0 radical (unpaired) electrons. The Morgan fingerprint density at radius 2 is 1.82 bits per heavy atom. The Bertz CT molecular complexity index is 850. The Balaban J connectivity index is 1.73. The number of benzene rings is 2. The molecule has 3 aromatic rings. The molecule has 0 aliphatic carbocycles. The SMILES string of the molecule is Nc1ccc(C2C=C(c3ccnc4ccccc34)NO2)cc1. The van der Waals surface area contributed by atoms with E-state index in [0.717, 1.165) is 33.4 Å². The van der Waals surface area contributed by atoms with E-state index in [4.69, 9.17) is 10.6 Å². The van der Waals surface area contributed by atoms with Crippen LogP contribution in [0.3, 0.4) is 0 Å². The lowest BCUT2D eigenvalue weighted by Gasteiger charge is -2.08. The van der Waals surface area contributed by atoms with Gasteiger partial charge in [0.15, 0.2) is 0 Å². The Hall–Kier alpha value is -2.85. The van der Waals surface area contributed by atoms with Crippen LogP contribution in [0.25, 0.3) is 16.6 Å². The molecule has 22 heavy (non-hydrogen) atoms. The molecule has 0 amide bonds. The molecule has 3 N–H and O–H groups in total. The van der Waals surface area contributed by atoms with E-state index < -0.39 is 0 Å². The highest BCUT2D eigenvalue weighted by Crippen LogP contribution is 2.31. The predicted octanol–water partition coefficient (Wildman–Crippen LogP) is 3.43. The molecule has 1 aliphatic rings. The van der Waals surface area contributed by atoms with E-state index in [1.807, 2.05) is 54.7 Å². The van der Waals surface area contributed by atoms with Crippen LogP contribution in [-0.4, -0.2) is 4.98 Å². The molecule has 1 aliphatic heterocycles. The van der Waals surface area contributed by atoms with Crippen molar-refractivity contribution in [2.45, 2.75) is 6.10 Å². The molecule has 4 rings (SSSR count). The second kappa shape index (κ2) is 5.16. The van der Waals surface area contributed by atoms with Crippen molar-refractivity contribution in [3.8, 4) is 0 Å². The number of pyridine rings is 1. The first-order valence-corrected chi connectivity index (χ1v) is 7.14. The van der Waals surface area contributed by atoms with Gasteiger partial charge in [0.05, 0.1) is 11.2 Å². The van der Waals surface area contributed by atoms with Crippen LogP contribution in [0.1, 0.15) is 17.2 Å². The highest BCUT2D eigenvalue weighted by Gasteiger charge is 2.20. The van der Waals surface area contributed by atoms with Gasteiger partial charge >= 0.3 is 0 Å². The summed E-state index contributed by atoms with van der Waals surface area (Å²) in [5.74, 6) is 0. The Morgan fingerprint density at radius 3 is 2.68 bits per heavy atom. The number of fused-ring (bicyclic) bond motifs is 1. The van der Waals surface area contributed by atoms with E-state index in [2.05, 4.69) is 22.6 Å². The van der Waals surface area contributed by atoms with E-state index in [9.17, 15) is 0 Å². The average molecular weight is 289 g/mol. The largest absolute Gasteiger partial charge is 0.399 e. The minimum absolute atomic E-state index is 0.123. The topological polar surface area (TPSA) is 60.2 Å². The first-order chi connectivity index (χ1) is 10.8. The van der Waals surface area contributed by atoms with Gasteiger partial charge in [-0.15, -0.1) is 0 Å². The van der Waals surface area contributed by atoms with Gasteiger partial charge in [0.25, 0.3) is 0 Å². The summed E-state index contributed by atoms with van der Waals surface area (Å²) < 4.78 is 0. The summed E-state index contributed by atoms with van der Waals surface area (Å²) in [5.41, 5.74) is 13.6. The summed E-state index contributed by atoms with van der Waals surface area (Å²) in [5, 5.41) is 1.10. The van der Waals surface area contributed by atoms with Gasteiger partial charge in [0.2, 0.25) is 0 Å². The second-order valence-electron chi connectivity index (χ2n) is 5.26. The summed E-state index contributed by atoms with van der Waals surface area (Å²) in [6, 6.07) is 17.8. The first kappa shape index (κ1) is 12.9. The van der Waals surface area contributed by atoms with Crippen LogP contribution in [0.5, 0.6) is 0 Å². The lowest BCUT2D eigenvalue weighted by molar-refractivity contribution is 0.0511. The Morgan fingerprint density at radius 1 is 1.00 bits per heavy atom. The van der Waals surface area contributed by atoms with Crippen LogP contribution in [0.2, 0.25) is 0 Å². The van der Waals surface area contributed by atoms with Crippen molar-refractivity contribution in [2.75, 3.05) is 5.73 Å². The lowest BCUT2D eigenvalue weighted by atomic mass is 10.0. The fourth-order valence-corrected chi connectivity index (χ4v) is 2.67. The van der Waals surface area contributed by atoms with Gasteiger partial charge in [-0.05, 0) is 35.9 Å².